The number of aryl methyl sites for hydroxylation is 1. The Morgan fingerprint density at radius 2 is 2.24 bits per heavy atom. The first-order valence-corrected chi connectivity index (χ1v) is 6.01. The molecule has 0 saturated heterocycles. The Labute approximate surface area is 102 Å². The molecule has 3 aromatic rings. The van der Waals surface area contributed by atoms with Gasteiger partial charge in [-0.05, 0) is 30.5 Å². The summed E-state index contributed by atoms with van der Waals surface area (Å²) in [5.74, 6) is 1.16. The predicted octanol–water partition coefficient (Wildman–Crippen LogP) is 3.42. The van der Waals surface area contributed by atoms with Gasteiger partial charge in [-0.2, -0.15) is 4.73 Å². The van der Waals surface area contributed by atoms with Gasteiger partial charge in [0.25, 0.3) is 0 Å². The molecule has 0 saturated carbocycles. The van der Waals surface area contributed by atoms with Crippen LogP contribution >= 0.6 is 11.3 Å². The molecule has 0 aromatic carbocycles. The van der Waals surface area contributed by atoms with E-state index in [4.69, 9.17) is 4.42 Å². The fourth-order valence-electron chi connectivity index (χ4n) is 1.78. The zero-order valence-corrected chi connectivity index (χ0v) is 9.94. The lowest BCUT2D eigenvalue weighted by Gasteiger charge is -2.00. The minimum absolute atomic E-state index is 0.545. The summed E-state index contributed by atoms with van der Waals surface area (Å²) in [7, 11) is 0. The first-order valence-electron chi connectivity index (χ1n) is 5.13. The van der Waals surface area contributed by atoms with Crippen molar-refractivity contribution < 1.29 is 9.62 Å². The lowest BCUT2D eigenvalue weighted by Crippen LogP contribution is -1.95. The monoisotopic (exact) mass is 246 g/mol. The van der Waals surface area contributed by atoms with Gasteiger partial charge in [-0.25, -0.2) is 4.98 Å². The number of nitrogens with zero attached hydrogens (tertiary/aromatic N) is 2. The topological polar surface area (TPSA) is 51.2 Å². The van der Waals surface area contributed by atoms with Gasteiger partial charge < -0.3 is 9.62 Å². The van der Waals surface area contributed by atoms with E-state index in [0.717, 1.165) is 15.3 Å². The van der Waals surface area contributed by atoms with Crippen LogP contribution in [0.2, 0.25) is 0 Å². The van der Waals surface area contributed by atoms with Gasteiger partial charge in [0.1, 0.15) is 5.69 Å². The van der Waals surface area contributed by atoms with E-state index in [0.29, 0.717) is 17.3 Å². The van der Waals surface area contributed by atoms with Crippen molar-refractivity contribution in [2.75, 3.05) is 0 Å². The van der Waals surface area contributed by atoms with Crippen LogP contribution in [0.15, 0.2) is 40.3 Å². The SMILES string of the molecule is Cc1nc(-c2cccs2)n(O)c1-c1ccco1. The van der Waals surface area contributed by atoms with E-state index >= 15 is 0 Å². The summed E-state index contributed by atoms with van der Waals surface area (Å²) in [6, 6.07) is 7.43. The Hall–Kier alpha value is -2.01. The van der Waals surface area contributed by atoms with Crippen LogP contribution < -0.4 is 0 Å². The van der Waals surface area contributed by atoms with E-state index in [9.17, 15) is 5.21 Å². The summed E-state index contributed by atoms with van der Waals surface area (Å²) in [5.41, 5.74) is 1.34. The quantitative estimate of drug-likeness (QED) is 0.705. The summed E-state index contributed by atoms with van der Waals surface area (Å²) >= 11 is 1.54. The zero-order valence-electron chi connectivity index (χ0n) is 9.12. The molecule has 0 radical (unpaired) electrons. The number of aromatic nitrogens is 2. The summed E-state index contributed by atoms with van der Waals surface area (Å²) in [4.78, 5) is 5.30. The van der Waals surface area contributed by atoms with E-state index in [-0.39, 0.29) is 0 Å². The van der Waals surface area contributed by atoms with Crippen molar-refractivity contribution in [2.45, 2.75) is 6.92 Å². The molecule has 3 heterocycles. The van der Waals surface area contributed by atoms with Crippen LogP contribution in [0.25, 0.3) is 22.2 Å². The number of rotatable bonds is 2. The maximum atomic E-state index is 10.2. The molecule has 0 unspecified atom stereocenters. The lowest BCUT2D eigenvalue weighted by molar-refractivity contribution is 0.194. The third-order valence-electron chi connectivity index (χ3n) is 2.52. The van der Waals surface area contributed by atoms with Crippen LogP contribution in [0.3, 0.4) is 0 Å². The van der Waals surface area contributed by atoms with Crippen LogP contribution in [-0.2, 0) is 0 Å². The second-order valence-corrected chi connectivity index (χ2v) is 4.58. The molecule has 5 heteroatoms. The standard InChI is InChI=1S/C12H10N2O2S/c1-8-11(9-4-2-6-16-9)14(15)12(13-8)10-5-3-7-17-10/h2-7,15H,1H3. The molecule has 0 aliphatic rings. The van der Waals surface area contributed by atoms with Crippen molar-refractivity contribution in [3.8, 4) is 22.2 Å². The predicted molar refractivity (Wildman–Crippen MR) is 65.2 cm³/mol. The molecule has 0 amide bonds. The van der Waals surface area contributed by atoms with Crippen LogP contribution in [0.5, 0.6) is 0 Å². The minimum Gasteiger partial charge on any atom is -0.463 e. The molecule has 4 nitrogen and oxygen atoms in total. The Morgan fingerprint density at radius 3 is 2.88 bits per heavy atom. The molecule has 1 N–H and O–H groups in total. The highest BCUT2D eigenvalue weighted by atomic mass is 32.1. The number of imidazole rings is 1. The van der Waals surface area contributed by atoms with Crippen LogP contribution in [-0.4, -0.2) is 14.9 Å². The Morgan fingerprint density at radius 1 is 1.35 bits per heavy atom. The highest BCUT2D eigenvalue weighted by Crippen LogP contribution is 2.30. The Kier molecular flexibility index (Phi) is 2.26. The maximum Gasteiger partial charge on any atom is 0.186 e. The third-order valence-corrected chi connectivity index (χ3v) is 3.39. The average Bonchev–Trinajstić information content (AvgIpc) is 2.99. The van der Waals surface area contributed by atoms with Crippen molar-refractivity contribution in [3.63, 3.8) is 0 Å². The minimum atomic E-state index is 0.545. The molecule has 3 rings (SSSR count). The van der Waals surface area contributed by atoms with E-state index in [2.05, 4.69) is 4.98 Å². The highest BCUT2D eigenvalue weighted by Gasteiger charge is 2.19. The van der Waals surface area contributed by atoms with Crippen molar-refractivity contribution in [2.24, 2.45) is 0 Å². The van der Waals surface area contributed by atoms with Crippen LogP contribution in [0, 0.1) is 6.92 Å². The van der Waals surface area contributed by atoms with Crippen molar-refractivity contribution in [1.82, 2.24) is 9.71 Å². The molecule has 3 aromatic heterocycles. The number of hydrogen-bond acceptors (Lipinski definition) is 4. The summed E-state index contributed by atoms with van der Waals surface area (Å²) in [5, 5.41) is 12.1. The molecular weight excluding hydrogens is 236 g/mol. The van der Waals surface area contributed by atoms with Gasteiger partial charge >= 0.3 is 0 Å². The second-order valence-electron chi connectivity index (χ2n) is 3.64. The molecule has 0 fully saturated rings. The van der Waals surface area contributed by atoms with Gasteiger partial charge in [0.15, 0.2) is 11.6 Å². The van der Waals surface area contributed by atoms with E-state index in [1.54, 1.807) is 18.4 Å². The normalized spacial score (nSPS) is 10.9. The van der Waals surface area contributed by atoms with Gasteiger partial charge in [-0.15, -0.1) is 11.3 Å². The Bertz CT molecular complexity index is 624. The Balaban J connectivity index is 2.19. The van der Waals surface area contributed by atoms with Crippen LogP contribution in [0.1, 0.15) is 5.69 Å². The largest absolute Gasteiger partial charge is 0.463 e. The molecule has 0 aliphatic carbocycles. The molecule has 0 atom stereocenters. The number of furan rings is 1. The highest BCUT2D eigenvalue weighted by molar-refractivity contribution is 7.13. The molecule has 17 heavy (non-hydrogen) atoms. The van der Waals surface area contributed by atoms with Crippen molar-refractivity contribution in [3.05, 3.63) is 41.6 Å². The smallest absolute Gasteiger partial charge is 0.186 e. The fraction of sp³-hybridized carbons (Fsp3) is 0.0833. The maximum absolute atomic E-state index is 10.2. The summed E-state index contributed by atoms with van der Waals surface area (Å²) < 4.78 is 6.38. The molecule has 0 aliphatic heterocycles. The van der Waals surface area contributed by atoms with Gasteiger partial charge in [0, 0.05) is 0 Å². The summed E-state index contributed by atoms with van der Waals surface area (Å²) in [6.07, 6.45) is 1.58. The molecule has 0 bridgehead atoms. The molecule has 86 valence electrons. The zero-order chi connectivity index (χ0) is 11.8. The van der Waals surface area contributed by atoms with Gasteiger partial charge in [0.2, 0.25) is 0 Å². The third kappa shape index (κ3) is 1.55. The molecule has 0 spiro atoms. The first kappa shape index (κ1) is 10.2. The second kappa shape index (κ2) is 3.78. The first-order chi connectivity index (χ1) is 8.27. The van der Waals surface area contributed by atoms with E-state index in [1.807, 2.05) is 24.4 Å². The fourth-order valence-corrected chi connectivity index (χ4v) is 2.48. The van der Waals surface area contributed by atoms with Crippen LogP contribution in [0.4, 0.5) is 0 Å². The van der Waals surface area contributed by atoms with E-state index in [1.165, 1.54) is 11.3 Å². The van der Waals surface area contributed by atoms with Gasteiger partial charge in [-0.3, -0.25) is 0 Å². The van der Waals surface area contributed by atoms with Crippen molar-refractivity contribution in [1.29, 1.82) is 0 Å². The van der Waals surface area contributed by atoms with Gasteiger partial charge in [0.05, 0.1) is 16.8 Å². The number of thiophene rings is 1. The van der Waals surface area contributed by atoms with Crippen molar-refractivity contribution >= 4 is 11.3 Å². The summed E-state index contributed by atoms with van der Waals surface area (Å²) in [6.45, 7) is 1.85. The van der Waals surface area contributed by atoms with Gasteiger partial charge in [-0.1, -0.05) is 6.07 Å². The molecular formula is C12H10N2O2S. The number of hydrogen-bond donors (Lipinski definition) is 1. The lowest BCUT2D eigenvalue weighted by atomic mass is 10.3. The average molecular weight is 246 g/mol. The van der Waals surface area contributed by atoms with E-state index < -0.39 is 0 Å².